The smallest absolute Gasteiger partial charge is 0.0737 e. The Kier molecular flexibility index (Phi) is 1.82. The molecule has 92 valence electrons. The summed E-state index contributed by atoms with van der Waals surface area (Å²) >= 11 is 2.17. The van der Waals surface area contributed by atoms with Crippen LogP contribution in [-0.4, -0.2) is 5.25 Å². The number of hydrogen-bond acceptors (Lipinski definition) is 1. The topological polar surface area (TPSA) is 0 Å². The highest BCUT2D eigenvalue weighted by molar-refractivity contribution is 8.01. The Balaban J connectivity index is 1.90. The van der Waals surface area contributed by atoms with E-state index in [0.29, 0.717) is 11.2 Å². The molecule has 2 bridgehead atoms. The second-order valence-corrected chi connectivity index (χ2v) is 7.20. The highest BCUT2D eigenvalue weighted by Crippen LogP contribution is 2.67. The predicted molar refractivity (Wildman–Crippen MR) is 81.3 cm³/mol. The van der Waals surface area contributed by atoms with Crippen LogP contribution in [0.25, 0.3) is 11.1 Å². The molecule has 19 heavy (non-hydrogen) atoms. The Hall–Kier alpha value is -1.47. The zero-order valence-electron chi connectivity index (χ0n) is 10.5. The molecule has 2 aliphatic carbocycles. The molecule has 0 saturated carbocycles. The van der Waals surface area contributed by atoms with Gasteiger partial charge in [-0.05, 0) is 28.7 Å². The zero-order chi connectivity index (χ0) is 12.4. The lowest BCUT2D eigenvalue weighted by Gasteiger charge is -2.33. The standard InChI is InChI=1S/C18H14S/c1-3-7-16-14(5-1)15-6-2-4-8-17(15)18(16)12-9-10-13(11-12)19-18/h1-10,12-13H,11H2. The number of rotatable bonds is 0. The van der Waals surface area contributed by atoms with Crippen molar-refractivity contribution in [3.05, 3.63) is 71.8 Å². The largest absolute Gasteiger partial charge is 0.137 e. The SMILES string of the molecule is C1=CC2CC1SC21c2ccccc2-c2ccccc21. The summed E-state index contributed by atoms with van der Waals surface area (Å²) in [6.07, 6.45) is 6.18. The Bertz CT molecular complexity index is 668. The van der Waals surface area contributed by atoms with E-state index in [-0.39, 0.29) is 4.75 Å². The summed E-state index contributed by atoms with van der Waals surface area (Å²) in [5.41, 5.74) is 5.98. The van der Waals surface area contributed by atoms with Gasteiger partial charge in [0.05, 0.1) is 4.75 Å². The van der Waals surface area contributed by atoms with Crippen molar-refractivity contribution in [1.29, 1.82) is 0 Å². The lowest BCUT2D eigenvalue weighted by Crippen LogP contribution is -2.26. The zero-order valence-corrected chi connectivity index (χ0v) is 11.4. The third kappa shape index (κ3) is 1.09. The van der Waals surface area contributed by atoms with Gasteiger partial charge in [-0.25, -0.2) is 0 Å². The molecule has 0 N–H and O–H groups in total. The van der Waals surface area contributed by atoms with Gasteiger partial charge in [-0.3, -0.25) is 0 Å². The Labute approximate surface area is 117 Å². The first-order valence-electron chi connectivity index (χ1n) is 6.95. The minimum absolute atomic E-state index is 0.201. The van der Waals surface area contributed by atoms with E-state index < -0.39 is 0 Å². The van der Waals surface area contributed by atoms with Gasteiger partial charge in [0.15, 0.2) is 0 Å². The van der Waals surface area contributed by atoms with E-state index >= 15 is 0 Å². The number of fused-ring (bicyclic) bond motifs is 8. The van der Waals surface area contributed by atoms with E-state index in [2.05, 4.69) is 72.4 Å². The van der Waals surface area contributed by atoms with Gasteiger partial charge in [0.25, 0.3) is 0 Å². The van der Waals surface area contributed by atoms with E-state index in [0.717, 1.165) is 0 Å². The van der Waals surface area contributed by atoms with Crippen LogP contribution in [0, 0.1) is 5.92 Å². The molecule has 2 aromatic rings. The first-order valence-corrected chi connectivity index (χ1v) is 7.83. The van der Waals surface area contributed by atoms with Gasteiger partial charge in [-0.2, -0.15) is 0 Å². The summed E-state index contributed by atoms with van der Waals surface area (Å²) in [5.74, 6) is 0.673. The molecule has 0 radical (unpaired) electrons. The van der Waals surface area contributed by atoms with Crippen LogP contribution in [0.1, 0.15) is 17.5 Å². The van der Waals surface area contributed by atoms with Crippen LogP contribution in [0.15, 0.2) is 60.7 Å². The molecule has 1 saturated heterocycles. The lowest BCUT2D eigenvalue weighted by molar-refractivity contribution is 0.559. The summed E-state index contributed by atoms with van der Waals surface area (Å²) in [7, 11) is 0. The fourth-order valence-electron chi connectivity index (χ4n) is 4.14. The third-order valence-corrected chi connectivity index (χ3v) is 6.61. The van der Waals surface area contributed by atoms with E-state index in [1.807, 2.05) is 0 Å². The average molecular weight is 262 g/mol. The maximum Gasteiger partial charge on any atom is 0.0737 e. The van der Waals surface area contributed by atoms with E-state index in [1.54, 1.807) is 0 Å². The van der Waals surface area contributed by atoms with Crippen molar-refractivity contribution < 1.29 is 0 Å². The van der Waals surface area contributed by atoms with Gasteiger partial charge < -0.3 is 0 Å². The van der Waals surface area contributed by atoms with Gasteiger partial charge in [-0.1, -0.05) is 60.7 Å². The van der Waals surface area contributed by atoms with Crippen molar-refractivity contribution in [3.8, 4) is 11.1 Å². The number of thioether (sulfide) groups is 1. The van der Waals surface area contributed by atoms with Crippen molar-refractivity contribution in [3.63, 3.8) is 0 Å². The summed E-state index contributed by atoms with van der Waals surface area (Å²) in [5, 5.41) is 0.712. The van der Waals surface area contributed by atoms with Crippen molar-refractivity contribution >= 4 is 11.8 Å². The summed E-state index contributed by atoms with van der Waals surface area (Å²) in [6.45, 7) is 0. The number of hydrogen-bond donors (Lipinski definition) is 0. The maximum absolute atomic E-state index is 2.46. The minimum Gasteiger partial charge on any atom is -0.137 e. The third-order valence-electron chi connectivity index (χ3n) is 4.85. The number of allylic oxidation sites excluding steroid dienone is 1. The molecule has 0 aromatic heterocycles. The van der Waals surface area contributed by atoms with Gasteiger partial charge in [0.2, 0.25) is 0 Å². The molecule has 1 fully saturated rings. The average Bonchev–Trinajstić information content (AvgIpc) is 3.14. The van der Waals surface area contributed by atoms with Gasteiger partial charge >= 0.3 is 0 Å². The first-order chi connectivity index (χ1) is 9.39. The molecule has 1 aliphatic heterocycles. The molecular formula is C18H14S. The maximum atomic E-state index is 2.46. The summed E-state index contributed by atoms with van der Waals surface area (Å²) in [4.78, 5) is 0. The second kappa shape index (κ2) is 3.34. The van der Waals surface area contributed by atoms with Crippen LogP contribution in [0.5, 0.6) is 0 Å². The quantitative estimate of drug-likeness (QED) is 0.625. The minimum atomic E-state index is 0.201. The number of benzene rings is 2. The predicted octanol–water partition coefficient (Wildman–Crippen LogP) is 4.60. The van der Waals surface area contributed by atoms with Crippen LogP contribution in [0.3, 0.4) is 0 Å². The fourth-order valence-corrected chi connectivity index (χ4v) is 6.05. The molecule has 1 heteroatoms. The molecule has 0 amide bonds. The highest BCUT2D eigenvalue weighted by atomic mass is 32.2. The Morgan fingerprint density at radius 3 is 2.00 bits per heavy atom. The fraction of sp³-hybridized carbons (Fsp3) is 0.222. The molecule has 2 aromatic carbocycles. The lowest BCUT2D eigenvalue weighted by atomic mass is 9.83. The van der Waals surface area contributed by atoms with E-state index in [1.165, 1.54) is 28.7 Å². The van der Waals surface area contributed by atoms with E-state index in [9.17, 15) is 0 Å². The Morgan fingerprint density at radius 1 is 0.842 bits per heavy atom. The summed E-state index contributed by atoms with van der Waals surface area (Å²) in [6, 6.07) is 18.0. The second-order valence-electron chi connectivity index (χ2n) is 5.71. The van der Waals surface area contributed by atoms with Crippen LogP contribution in [0.4, 0.5) is 0 Å². The van der Waals surface area contributed by atoms with Gasteiger partial charge in [-0.15, -0.1) is 11.8 Å². The normalized spacial score (nSPS) is 27.8. The molecule has 0 nitrogen and oxygen atoms in total. The van der Waals surface area contributed by atoms with Crippen molar-refractivity contribution in [2.45, 2.75) is 16.4 Å². The first kappa shape index (κ1) is 10.3. The van der Waals surface area contributed by atoms with Crippen molar-refractivity contribution in [1.82, 2.24) is 0 Å². The molecule has 3 aliphatic rings. The van der Waals surface area contributed by atoms with Crippen LogP contribution >= 0.6 is 11.8 Å². The molecular weight excluding hydrogens is 248 g/mol. The van der Waals surface area contributed by atoms with Crippen LogP contribution in [0.2, 0.25) is 0 Å². The van der Waals surface area contributed by atoms with Crippen LogP contribution < -0.4 is 0 Å². The highest BCUT2D eigenvalue weighted by Gasteiger charge is 2.55. The summed E-state index contributed by atoms with van der Waals surface area (Å²) < 4.78 is 0.201. The molecule has 2 atom stereocenters. The molecule has 1 spiro atoms. The molecule has 2 unspecified atom stereocenters. The van der Waals surface area contributed by atoms with E-state index in [4.69, 9.17) is 0 Å². The molecule has 1 heterocycles. The van der Waals surface area contributed by atoms with Gasteiger partial charge in [0.1, 0.15) is 0 Å². The van der Waals surface area contributed by atoms with Gasteiger partial charge in [0, 0.05) is 11.2 Å². The van der Waals surface area contributed by atoms with Crippen molar-refractivity contribution in [2.75, 3.05) is 0 Å². The van der Waals surface area contributed by atoms with Crippen molar-refractivity contribution in [2.24, 2.45) is 5.92 Å². The monoisotopic (exact) mass is 262 g/mol. The van der Waals surface area contributed by atoms with Crippen LogP contribution in [-0.2, 0) is 4.75 Å². The molecule has 5 rings (SSSR count). The Morgan fingerprint density at radius 2 is 1.47 bits per heavy atom.